The third-order valence-corrected chi connectivity index (χ3v) is 6.80. The van der Waals surface area contributed by atoms with Crippen LogP contribution in [0.5, 0.6) is 0 Å². The molecule has 6 rings (SSSR count). The van der Waals surface area contributed by atoms with Crippen LogP contribution in [0.4, 0.5) is 5.69 Å². The second kappa shape index (κ2) is 7.94. The average Bonchev–Trinajstić information content (AvgIpc) is 3.41. The normalized spacial score (nSPS) is 25.1. The Kier molecular flexibility index (Phi) is 4.79. The first-order chi connectivity index (χ1) is 15.9. The molecule has 0 amide bonds. The SMILES string of the molecule is c1ccc([C@@H]2C[C@@]3(c4ccccc4)CN(c4ccccc4)[C@H](c4ccccc4)N3O2)cc1. The lowest BCUT2D eigenvalue weighted by Crippen LogP contribution is -2.37. The van der Waals surface area contributed by atoms with E-state index in [9.17, 15) is 0 Å². The highest BCUT2D eigenvalue weighted by atomic mass is 16.7. The monoisotopic (exact) mass is 418 g/mol. The number of hydrogen-bond acceptors (Lipinski definition) is 3. The fourth-order valence-electron chi connectivity index (χ4n) is 5.32. The Morgan fingerprint density at radius 1 is 0.625 bits per heavy atom. The second-order valence-corrected chi connectivity index (χ2v) is 8.68. The first kappa shape index (κ1) is 19.3. The highest BCUT2D eigenvalue weighted by Gasteiger charge is 2.59. The Bertz CT molecular complexity index is 1170. The summed E-state index contributed by atoms with van der Waals surface area (Å²) in [6, 6.07) is 42.9. The molecule has 0 bridgehead atoms. The summed E-state index contributed by atoms with van der Waals surface area (Å²) in [7, 11) is 0. The minimum absolute atomic E-state index is 0.00693. The van der Waals surface area contributed by atoms with Crippen molar-refractivity contribution in [2.24, 2.45) is 0 Å². The van der Waals surface area contributed by atoms with E-state index in [-0.39, 0.29) is 17.8 Å². The van der Waals surface area contributed by atoms with Crippen LogP contribution in [0, 0.1) is 0 Å². The van der Waals surface area contributed by atoms with Crippen molar-refractivity contribution >= 4 is 5.69 Å². The number of hydroxylamine groups is 2. The predicted octanol–water partition coefficient (Wildman–Crippen LogP) is 6.48. The summed E-state index contributed by atoms with van der Waals surface area (Å²) in [4.78, 5) is 9.33. The minimum atomic E-state index is -0.238. The Morgan fingerprint density at radius 3 is 1.78 bits per heavy atom. The van der Waals surface area contributed by atoms with Gasteiger partial charge in [0.05, 0.1) is 5.54 Å². The molecule has 0 radical (unpaired) electrons. The Morgan fingerprint density at radius 2 is 1.16 bits per heavy atom. The number of benzene rings is 4. The molecule has 0 spiro atoms. The Balaban J connectivity index is 1.51. The lowest BCUT2D eigenvalue weighted by Gasteiger charge is -2.32. The van der Waals surface area contributed by atoms with Crippen LogP contribution >= 0.6 is 0 Å². The van der Waals surface area contributed by atoms with Gasteiger partial charge in [-0.3, -0.25) is 4.84 Å². The van der Waals surface area contributed by atoms with E-state index >= 15 is 0 Å². The standard InChI is InChI=1S/C29H26N2O/c1-5-13-23(14-6-1)27-21-29(25-17-9-3-10-18-25)22-30(26-19-11-4-12-20-26)28(31(29)32-27)24-15-7-2-8-16-24/h1-20,27-28H,21-22H2/t27-,28-,29-/m0/s1. The zero-order valence-corrected chi connectivity index (χ0v) is 17.9. The summed E-state index contributed by atoms with van der Waals surface area (Å²) in [5, 5.41) is 2.28. The second-order valence-electron chi connectivity index (χ2n) is 8.68. The Hall–Kier alpha value is -3.40. The van der Waals surface area contributed by atoms with Gasteiger partial charge in [-0.1, -0.05) is 109 Å². The number of fused-ring (bicyclic) bond motifs is 1. The van der Waals surface area contributed by atoms with Crippen LogP contribution in [0.25, 0.3) is 0 Å². The quantitative estimate of drug-likeness (QED) is 0.377. The van der Waals surface area contributed by atoms with E-state index in [0.29, 0.717) is 0 Å². The van der Waals surface area contributed by atoms with Gasteiger partial charge in [0.15, 0.2) is 0 Å². The molecule has 3 heteroatoms. The zero-order chi connectivity index (χ0) is 21.4. The van der Waals surface area contributed by atoms with Crippen molar-refractivity contribution in [3.05, 3.63) is 138 Å². The molecule has 2 aliphatic rings. The molecule has 0 unspecified atom stereocenters. The summed E-state index contributed by atoms with van der Waals surface area (Å²) in [5.74, 6) is 0. The van der Waals surface area contributed by atoms with Crippen LogP contribution in [-0.2, 0) is 10.4 Å². The summed E-state index contributed by atoms with van der Waals surface area (Å²) >= 11 is 0. The van der Waals surface area contributed by atoms with Crippen LogP contribution in [0.15, 0.2) is 121 Å². The van der Waals surface area contributed by atoms with E-state index in [1.165, 1.54) is 22.4 Å². The summed E-state index contributed by atoms with van der Waals surface area (Å²) in [6.07, 6.45) is 0.932. The molecule has 4 aromatic carbocycles. The fourth-order valence-corrected chi connectivity index (χ4v) is 5.32. The molecular formula is C29H26N2O. The van der Waals surface area contributed by atoms with E-state index in [0.717, 1.165) is 13.0 Å². The molecule has 3 atom stereocenters. The summed E-state index contributed by atoms with van der Waals surface area (Å²) in [6.45, 7) is 0.865. The predicted molar refractivity (Wildman–Crippen MR) is 128 cm³/mol. The van der Waals surface area contributed by atoms with Gasteiger partial charge < -0.3 is 4.90 Å². The van der Waals surface area contributed by atoms with Gasteiger partial charge >= 0.3 is 0 Å². The van der Waals surface area contributed by atoms with Crippen molar-refractivity contribution in [1.29, 1.82) is 0 Å². The number of para-hydroxylation sites is 1. The van der Waals surface area contributed by atoms with Gasteiger partial charge in [0, 0.05) is 18.7 Å². The molecular weight excluding hydrogens is 392 g/mol. The average molecular weight is 419 g/mol. The van der Waals surface area contributed by atoms with Crippen LogP contribution in [-0.4, -0.2) is 11.6 Å². The molecule has 158 valence electrons. The summed E-state index contributed by atoms with van der Waals surface area (Å²) in [5.41, 5.74) is 4.75. The maximum absolute atomic E-state index is 6.84. The van der Waals surface area contributed by atoms with E-state index < -0.39 is 0 Å². The molecule has 2 aliphatic heterocycles. The highest BCUT2D eigenvalue weighted by molar-refractivity contribution is 5.52. The number of rotatable bonds is 4. The molecule has 0 N–H and O–H groups in total. The first-order valence-corrected chi connectivity index (χ1v) is 11.3. The van der Waals surface area contributed by atoms with Crippen molar-refractivity contribution in [2.45, 2.75) is 24.2 Å². The van der Waals surface area contributed by atoms with Crippen molar-refractivity contribution in [3.8, 4) is 0 Å². The van der Waals surface area contributed by atoms with Gasteiger partial charge in [-0.2, -0.15) is 0 Å². The van der Waals surface area contributed by atoms with Gasteiger partial charge in [0.2, 0.25) is 0 Å². The topological polar surface area (TPSA) is 15.7 Å². The van der Waals surface area contributed by atoms with Crippen molar-refractivity contribution < 1.29 is 4.84 Å². The maximum Gasteiger partial charge on any atom is 0.132 e. The van der Waals surface area contributed by atoms with Gasteiger partial charge in [0.1, 0.15) is 12.3 Å². The van der Waals surface area contributed by atoms with E-state index in [1.807, 2.05) is 0 Å². The molecule has 3 nitrogen and oxygen atoms in total. The van der Waals surface area contributed by atoms with Gasteiger partial charge in [-0.05, 0) is 28.8 Å². The number of nitrogens with zero attached hydrogens (tertiary/aromatic N) is 2. The van der Waals surface area contributed by atoms with E-state index in [2.05, 4.69) is 131 Å². The van der Waals surface area contributed by atoms with Crippen LogP contribution in [0.1, 0.15) is 35.4 Å². The van der Waals surface area contributed by atoms with Gasteiger partial charge in [-0.15, -0.1) is 5.06 Å². The molecule has 0 aliphatic carbocycles. The largest absolute Gasteiger partial charge is 0.348 e. The smallest absolute Gasteiger partial charge is 0.132 e. The highest BCUT2D eigenvalue weighted by Crippen LogP contribution is 2.56. The van der Waals surface area contributed by atoms with Crippen LogP contribution < -0.4 is 4.90 Å². The number of anilines is 1. The van der Waals surface area contributed by atoms with Gasteiger partial charge in [-0.25, -0.2) is 0 Å². The maximum atomic E-state index is 6.84. The Labute approximate surface area is 189 Å². The molecule has 2 fully saturated rings. The molecule has 0 aromatic heterocycles. The molecule has 2 saturated heterocycles. The summed E-state index contributed by atoms with van der Waals surface area (Å²) < 4.78 is 0. The van der Waals surface area contributed by atoms with Gasteiger partial charge in [0.25, 0.3) is 0 Å². The van der Waals surface area contributed by atoms with Crippen molar-refractivity contribution in [2.75, 3.05) is 11.4 Å². The lowest BCUT2D eigenvalue weighted by atomic mass is 9.84. The van der Waals surface area contributed by atoms with Crippen LogP contribution in [0.3, 0.4) is 0 Å². The zero-order valence-electron chi connectivity index (χ0n) is 17.9. The fraction of sp³-hybridized carbons (Fsp3) is 0.172. The van der Waals surface area contributed by atoms with Crippen molar-refractivity contribution in [1.82, 2.24) is 5.06 Å². The minimum Gasteiger partial charge on any atom is -0.348 e. The molecule has 4 aromatic rings. The third kappa shape index (κ3) is 3.13. The lowest BCUT2D eigenvalue weighted by molar-refractivity contribution is -0.198. The first-order valence-electron chi connectivity index (χ1n) is 11.3. The molecule has 2 heterocycles. The molecule has 32 heavy (non-hydrogen) atoms. The van der Waals surface area contributed by atoms with Crippen molar-refractivity contribution in [3.63, 3.8) is 0 Å². The third-order valence-electron chi connectivity index (χ3n) is 6.80. The van der Waals surface area contributed by atoms with E-state index in [4.69, 9.17) is 4.84 Å². The van der Waals surface area contributed by atoms with E-state index in [1.54, 1.807) is 0 Å². The van der Waals surface area contributed by atoms with Crippen LogP contribution in [0.2, 0.25) is 0 Å². The molecule has 0 saturated carbocycles. The number of hydrogen-bond donors (Lipinski definition) is 0.